The summed E-state index contributed by atoms with van der Waals surface area (Å²) in [5.41, 5.74) is 3.76. The highest BCUT2D eigenvalue weighted by Crippen LogP contribution is 2.31. The molecule has 0 aliphatic heterocycles. The van der Waals surface area contributed by atoms with Gasteiger partial charge in [0.15, 0.2) is 5.82 Å². The Bertz CT molecular complexity index is 1220. The summed E-state index contributed by atoms with van der Waals surface area (Å²) < 4.78 is 29.8. The van der Waals surface area contributed by atoms with Gasteiger partial charge in [0.2, 0.25) is 5.82 Å². The number of hydrogen-bond acceptors (Lipinski definition) is 5. The SMILES string of the molecule is C#CCCn1nc(C(F)(F)CC)nc1Cc1ccc(-c2ccccc2-c2nnn[nH]2)cc1. The zero-order valence-electron chi connectivity index (χ0n) is 17.5. The smallest absolute Gasteiger partial charge is 0.248 e. The van der Waals surface area contributed by atoms with Crippen molar-refractivity contribution in [3.8, 4) is 34.9 Å². The number of terminal acetylenes is 1. The van der Waals surface area contributed by atoms with E-state index in [1.807, 2.05) is 48.5 Å². The van der Waals surface area contributed by atoms with E-state index in [1.165, 1.54) is 11.6 Å². The van der Waals surface area contributed by atoms with Gasteiger partial charge in [-0.25, -0.2) is 14.8 Å². The molecule has 0 saturated carbocycles. The normalized spacial score (nSPS) is 11.4. The number of benzene rings is 2. The molecule has 7 nitrogen and oxygen atoms in total. The highest BCUT2D eigenvalue weighted by Gasteiger charge is 2.35. The molecule has 0 radical (unpaired) electrons. The third kappa shape index (κ3) is 4.39. The van der Waals surface area contributed by atoms with Crippen molar-refractivity contribution in [1.82, 2.24) is 35.4 Å². The van der Waals surface area contributed by atoms with E-state index in [1.54, 1.807) is 0 Å². The van der Waals surface area contributed by atoms with E-state index in [9.17, 15) is 8.78 Å². The van der Waals surface area contributed by atoms with Gasteiger partial charge in [0, 0.05) is 24.8 Å². The van der Waals surface area contributed by atoms with Crippen LogP contribution in [0.3, 0.4) is 0 Å². The molecule has 2 aromatic carbocycles. The van der Waals surface area contributed by atoms with Crippen molar-refractivity contribution >= 4 is 0 Å². The van der Waals surface area contributed by atoms with Crippen LogP contribution in [-0.2, 0) is 18.9 Å². The third-order valence-corrected chi connectivity index (χ3v) is 5.14. The molecule has 0 unspecified atom stereocenters. The number of hydrogen-bond donors (Lipinski definition) is 1. The van der Waals surface area contributed by atoms with E-state index in [0.717, 1.165) is 22.3 Å². The van der Waals surface area contributed by atoms with E-state index in [-0.39, 0.29) is 6.42 Å². The van der Waals surface area contributed by atoms with Crippen LogP contribution in [0.4, 0.5) is 8.78 Å². The first-order chi connectivity index (χ1) is 15.5. The van der Waals surface area contributed by atoms with Gasteiger partial charge in [-0.2, -0.15) is 8.78 Å². The van der Waals surface area contributed by atoms with Crippen molar-refractivity contribution in [3.05, 3.63) is 65.7 Å². The molecule has 32 heavy (non-hydrogen) atoms. The maximum Gasteiger partial charge on any atom is 0.308 e. The molecule has 0 aliphatic rings. The Morgan fingerprint density at radius 3 is 2.50 bits per heavy atom. The molecule has 4 rings (SSSR count). The molecule has 162 valence electrons. The molecule has 0 spiro atoms. The third-order valence-electron chi connectivity index (χ3n) is 5.14. The van der Waals surface area contributed by atoms with Crippen molar-refractivity contribution in [1.29, 1.82) is 0 Å². The first-order valence-corrected chi connectivity index (χ1v) is 10.2. The van der Waals surface area contributed by atoms with Crippen molar-refractivity contribution in [2.24, 2.45) is 0 Å². The summed E-state index contributed by atoms with van der Waals surface area (Å²) in [6, 6.07) is 15.6. The van der Waals surface area contributed by atoms with E-state index in [0.29, 0.717) is 31.0 Å². The number of rotatable bonds is 8. The Labute approximate surface area is 183 Å². The summed E-state index contributed by atoms with van der Waals surface area (Å²) in [5, 5.41) is 18.1. The first kappa shape index (κ1) is 21.3. The standard InChI is InChI=1S/C23H21F2N7/c1-3-5-14-32-20(26-22(29-32)23(24,25)4-2)15-16-10-12-17(13-11-16)18-8-6-7-9-19(18)21-27-30-31-28-21/h1,6-13H,4-5,14-15H2,2H3,(H,27,28,30,31). The zero-order valence-corrected chi connectivity index (χ0v) is 17.5. The molecule has 1 N–H and O–H groups in total. The Morgan fingerprint density at radius 1 is 1.09 bits per heavy atom. The average Bonchev–Trinajstić information content (AvgIpc) is 3.49. The number of aromatic amines is 1. The first-order valence-electron chi connectivity index (χ1n) is 10.2. The molecule has 4 aromatic rings. The zero-order chi connectivity index (χ0) is 22.6. The number of aryl methyl sites for hydroxylation is 1. The van der Waals surface area contributed by atoms with Crippen molar-refractivity contribution in [2.45, 2.75) is 38.7 Å². The molecule has 0 amide bonds. The van der Waals surface area contributed by atoms with Gasteiger partial charge >= 0.3 is 5.92 Å². The molecule has 0 bridgehead atoms. The number of H-pyrrole nitrogens is 1. The van der Waals surface area contributed by atoms with Gasteiger partial charge in [-0.3, -0.25) is 0 Å². The van der Waals surface area contributed by atoms with Crippen molar-refractivity contribution in [2.75, 3.05) is 0 Å². The monoisotopic (exact) mass is 433 g/mol. The lowest BCUT2D eigenvalue weighted by Gasteiger charge is -2.09. The van der Waals surface area contributed by atoms with E-state index >= 15 is 0 Å². The predicted octanol–water partition coefficient (Wildman–Crippen LogP) is 4.24. The number of nitrogens with zero attached hydrogens (tertiary/aromatic N) is 6. The van der Waals surface area contributed by atoms with Gasteiger partial charge in [0.1, 0.15) is 5.82 Å². The summed E-state index contributed by atoms with van der Waals surface area (Å²) in [7, 11) is 0. The molecule has 0 fully saturated rings. The fourth-order valence-electron chi connectivity index (χ4n) is 3.37. The number of alkyl halides is 2. The van der Waals surface area contributed by atoms with Gasteiger partial charge in [0.25, 0.3) is 0 Å². The van der Waals surface area contributed by atoms with Crippen LogP contribution in [0.15, 0.2) is 48.5 Å². The lowest BCUT2D eigenvalue weighted by molar-refractivity contribution is -0.0177. The Morgan fingerprint density at radius 2 is 1.84 bits per heavy atom. The second kappa shape index (κ2) is 9.06. The minimum atomic E-state index is -3.07. The van der Waals surface area contributed by atoms with Crippen LogP contribution in [-0.4, -0.2) is 35.4 Å². The van der Waals surface area contributed by atoms with Gasteiger partial charge in [-0.1, -0.05) is 55.5 Å². The van der Waals surface area contributed by atoms with Gasteiger partial charge in [-0.15, -0.1) is 22.5 Å². The lowest BCUT2D eigenvalue weighted by atomic mass is 9.98. The minimum Gasteiger partial charge on any atom is -0.248 e. The summed E-state index contributed by atoms with van der Waals surface area (Å²) in [4.78, 5) is 4.14. The summed E-state index contributed by atoms with van der Waals surface area (Å²) in [6.07, 6.45) is 5.74. The van der Waals surface area contributed by atoms with Crippen molar-refractivity contribution in [3.63, 3.8) is 0 Å². The molecule has 0 aliphatic carbocycles. The topological polar surface area (TPSA) is 85.2 Å². The summed E-state index contributed by atoms with van der Waals surface area (Å²) in [5.74, 6) is 0.0305. The molecule has 2 heterocycles. The highest BCUT2D eigenvalue weighted by molar-refractivity contribution is 5.80. The largest absolute Gasteiger partial charge is 0.308 e. The minimum absolute atomic E-state index is 0.343. The molecule has 2 aromatic heterocycles. The van der Waals surface area contributed by atoms with Crippen LogP contribution >= 0.6 is 0 Å². The highest BCUT2D eigenvalue weighted by atomic mass is 19.3. The van der Waals surface area contributed by atoms with Gasteiger partial charge < -0.3 is 0 Å². The van der Waals surface area contributed by atoms with E-state index in [4.69, 9.17) is 6.42 Å². The molecular formula is C23H21F2N7. The van der Waals surface area contributed by atoms with Gasteiger partial charge in [0.05, 0.1) is 6.54 Å². The molecule has 0 atom stereocenters. The maximum atomic E-state index is 14.1. The Kier molecular flexibility index (Phi) is 6.03. The summed E-state index contributed by atoms with van der Waals surface area (Å²) in [6.45, 7) is 1.75. The van der Waals surface area contributed by atoms with Crippen LogP contribution in [0.25, 0.3) is 22.5 Å². The van der Waals surface area contributed by atoms with Crippen LogP contribution in [0.2, 0.25) is 0 Å². The maximum absolute atomic E-state index is 14.1. The van der Waals surface area contributed by atoms with E-state index in [2.05, 4.69) is 36.6 Å². The number of tetrazole rings is 1. The Balaban J connectivity index is 1.61. The molecular weight excluding hydrogens is 412 g/mol. The lowest BCUT2D eigenvalue weighted by Crippen LogP contribution is -2.14. The quantitative estimate of drug-likeness (QED) is 0.420. The second-order valence-corrected chi connectivity index (χ2v) is 7.26. The molecule has 0 saturated heterocycles. The number of nitrogens with one attached hydrogen (secondary N) is 1. The second-order valence-electron chi connectivity index (χ2n) is 7.26. The van der Waals surface area contributed by atoms with Crippen LogP contribution < -0.4 is 0 Å². The number of halogens is 2. The van der Waals surface area contributed by atoms with Crippen LogP contribution in [0.1, 0.15) is 37.0 Å². The van der Waals surface area contributed by atoms with Crippen molar-refractivity contribution < 1.29 is 8.78 Å². The predicted molar refractivity (Wildman–Crippen MR) is 116 cm³/mol. The van der Waals surface area contributed by atoms with Crippen LogP contribution in [0.5, 0.6) is 0 Å². The number of aromatic nitrogens is 7. The Hall–Kier alpha value is -3.93. The van der Waals surface area contributed by atoms with Crippen LogP contribution in [0, 0.1) is 12.3 Å². The summed E-state index contributed by atoms with van der Waals surface area (Å²) >= 11 is 0. The molecule has 9 heteroatoms. The average molecular weight is 433 g/mol. The fourth-order valence-corrected chi connectivity index (χ4v) is 3.37. The fraction of sp³-hybridized carbons (Fsp3) is 0.261. The van der Waals surface area contributed by atoms with E-state index < -0.39 is 11.7 Å². The van der Waals surface area contributed by atoms with Gasteiger partial charge in [-0.05, 0) is 27.1 Å².